The van der Waals surface area contributed by atoms with Gasteiger partial charge in [-0.3, -0.25) is 0 Å². The standard InChI is InChI=1S/C20H28Cl2O2/c1-4-5-6-7-11-20(23-14-19(2,3)15-24-20)12-10-16-8-9-17(21)18(22)13-16/h8-10,12-13H,4-7,11,14-15H2,1-3H3. The Morgan fingerprint density at radius 2 is 1.75 bits per heavy atom. The highest BCUT2D eigenvalue weighted by molar-refractivity contribution is 6.42. The van der Waals surface area contributed by atoms with E-state index in [2.05, 4.69) is 20.8 Å². The topological polar surface area (TPSA) is 18.5 Å². The number of benzene rings is 1. The van der Waals surface area contributed by atoms with Gasteiger partial charge >= 0.3 is 0 Å². The molecule has 0 aromatic heterocycles. The van der Waals surface area contributed by atoms with Gasteiger partial charge in [0.15, 0.2) is 5.79 Å². The van der Waals surface area contributed by atoms with E-state index in [-0.39, 0.29) is 5.41 Å². The molecule has 0 unspecified atom stereocenters. The summed E-state index contributed by atoms with van der Waals surface area (Å²) in [6.07, 6.45) is 9.70. The average molecular weight is 371 g/mol. The van der Waals surface area contributed by atoms with Crippen LogP contribution in [0.15, 0.2) is 24.3 Å². The maximum atomic E-state index is 6.17. The van der Waals surface area contributed by atoms with Crippen LogP contribution in [0.2, 0.25) is 10.0 Å². The number of hydrogen-bond donors (Lipinski definition) is 0. The number of unbranched alkanes of at least 4 members (excludes halogenated alkanes) is 3. The minimum absolute atomic E-state index is 0.0599. The Morgan fingerprint density at radius 3 is 2.38 bits per heavy atom. The Morgan fingerprint density at radius 1 is 1.04 bits per heavy atom. The molecule has 2 nitrogen and oxygen atoms in total. The normalized spacial score (nSPS) is 19.7. The molecule has 4 heteroatoms. The van der Waals surface area contributed by atoms with Crippen molar-refractivity contribution < 1.29 is 9.47 Å². The monoisotopic (exact) mass is 370 g/mol. The van der Waals surface area contributed by atoms with Gasteiger partial charge in [-0.25, -0.2) is 0 Å². The minimum Gasteiger partial charge on any atom is -0.346 e. The summed E-state index contributed by atoms with van der Waals surface area (Å²) in [5, 5.41) is 1.12. The third kappa shape index (κ3) is 5.77. The molecule has 1 aliphatic heterocycles. The van der Waals surface area contributed by atoms with Gasteiger partial charge in [0.1, 0.15) is 0 Å². The summed E-state index contributed by atoms with van der Waals surface area (Å²) < 4.78 is 12.3. The quantitative estimate of drug-likeness (QED) is 0.494. The van der Waals surface area contributed by atoms with E-state index >= 15 is 0 Å². The molecule has 1 saturated heterocycles. The third-order valence-corrected chi connectivity index (χ3v) is 5.01. The molecule has 0 radical (unpaired) electrons. The number of rotatable bonds is 7. The van der Waals surface area contributed by atoms with E-state index in [1.807, 2.05) is 30.4 Å². The van der Waals surface area contributed by atoms with E-state index in [4.69, 9.17) is 32.7 Å². The van der Waals surface area contributed by atoms with Crippen molar-refractivity contribution in [2.75, 3.05) is 13.2 Å². The summed E-state index contributed by atoms with van der Waals surface area (Å²) in [5.41, 5.74) is 1.05. The SMILES string of the molecule is CCCCCCC1(C=Cc2ccc(Cl)c(Cl)c2)OCC(C)(C)CO1. The molecule has 0 atom stereocenters. The van der Waals surface area contributed by atoms with Crippen molar-refractivity contribution in [1.29, 1.82) is 0 Å². The first-order valence-corrected chi connectivity index (χ1v) is 9.54. The molecule has 2 rings (SSSR count). The van der Waals surface area contributed by atoms with Crippen LogP contribution < -0.4 is 0 Å². The van der Waals surface area contributed by atoms with Gasteiger partial charge in [-0.2, -0.15) is 0 Å². The zero-order chi connectivity index (χ0) is 17.6. The zero-order valence-electron chi connectivity index (χ0n) is 14.9. The summed E-state index contributed by atoms with van der Waals surface area (Å²) in [4.78, 5) is 0. The number of halogens is 2. The molecule has 1 aromatic carbocycles. The van der Waals surface area contributed by atoms with E-state index < -0.39 is 5.79 Å². The van der Waals surface area contributed by atoms with Crippen LogP contribution in [-0.4, -0.2) is 19.0 Å². The van der Waals surface area contributed by atoms with Crippen LogP contribution in [0.3, 0.4) is 0 Å². The van der Waals surface area contributed by atoms with Gasteiger partial charge in [-0.05, 0) is 30.2 Å². The fourth-order valence-electron chi connectivity index (χ4n) is 2.68. The van der Waals surface area contributed by atoms with Gasteiger partial charge in [0.05, 0.1) is 23.3 Å². The average Bonchev–Trinajstić information content (AvgIpc) is 2.55. The fourth-order valence-corrected chi connectivity index (χ4v) is 2.99. The highest BCUT2D eigenvalue weighted by atomic mass is 35.5. The maximum Gasteiger partial charge on any atom is 0.188 e. The Kier molecular flexibility index (Phi) is 7.18. The lowest BCUT2D eigenvalue weighted by molar-refractivity contribution is -0.274. The van der Waals surface area contributed by atoms with E-state index in [0.29, 0.717) is 23.3 Å². The van der Waals surface area contributed by atoms with Crippen LogP contribution in [-0.2, 0) is 9.47 Å². The van der Waals surface area contributed by atoms with Crippen molar-refractivity contribution in [1.82, 2.24) is 0 Å². The van der Waals surface area contributed by atoms with E-state index in [0.717, 1.165) is 18.4 Å². The fraction of sp³-hybridized carbons (Fsp3) is 0.600. The van der Waals surface area contributed by atoms with Crippen LogP contribution in [0.1, 0.15) is 58.4 Å². The summed E-state index contributed by atoms with van der Waals surface area (Å²) in [6, 6.07) is 5.61. The second kappa shape index (κ2) is 8.71. The first-order valence-electron chi connectivity index (χ1n) is 8.78. The Hall–Kier alpha value is -0.540. The van der Waals surface area contributed by atoms with E-state index in [1.54, 1.807) is 0 Å². The van der Waals surface area contributed by atoms with Gasteiger partial charge < -0.3 is 9.47 Å². The van der Waals surface area contributed by atoms with Gasteiger partial charge in [-0.1, -0.05) is 75.4 Å². The van der Waals surface area contributed by atoms with Gasteiger partial charge in [0.2, 0.25) is 0 Å². The van der Waals surface area contributed by atoms with E-state index in [1.165, 1.54) is 19.3 Å². The van der Waals surface area contributed by atoms with Crippen molar-refractivity contribution in [3.63, 3.8) is 0 Å². The van der Waals surface area contributed by atoms with Crippen LogP contribution in [0.4, 0.5) is 0 Å². The minimum atomic E-state index is -0.630. The first kappa shape index (κ1) is 19.8. The third-order valence-electron chi connectivity index (χ3n) is 4.27. The molecule has 24 heavy (non-hydrogen) atoms. The Labute approximate surface area is 156 Å². The molecular weight excluding hydrogens is 343 g/mol. The molecular formula is C20H28Cl2O2. The molecule has 0 N–H and O–H groups in total. The molecule has 1 fully saturated rings. The van der Waals surface area contributed by atoms with Gasteiger partial charge in [-0.15, -0.1) is 0 Å². The zero-order valence-corrected chi connectivity index (χ0v) is 16.4. The Balaban J connectivity index is 2.09. The molecule has 1 aliphatic rings. The Bertz CT molecular complexity index is 557. The lowest BCUT2D eigenvalue weighted by Gasteiger charge is -2.42. The predicted octanol–water partition coefficient (Wildman–Crippen LogP) is 6.75. The molecule has 1 heterocycles. The van der Waals surface area contributed by atoms with Crippen molar-refractivity contribution in [2.24, 2.45) is 5.41 Å². The molecule has 134 valence electrons. The highest BCUT2D eigenvalue weighted by Gasteiger charge is 2.38. The maximum absolute atomic E-state index is 6.17. The smallest absolute Gasteiger partial charge is 0.188 e. The van der Waals surface area contributed by atoms with Crippen molar-refractivity contribution in [2.45, 2.75) is 58.7 Å². The van der Waals surface area contributed by atoms with Gasteiger partial charge in [0.25, 0.3) is 0 Å². The van der Waals surface area contributed by atoms with Crippen LogP contribution in [0.25, 0.3) is 6.08 Å². The summed E-state index contributed by atoms with van der Waals surface area (Å²) in [7, 11) is 0. The molecule has 0 bridgehead atoms. The highest BCUT2D eigenvalue weighted by Crippen LogP contribution is 2.34. The predicted molar refractivity (Wildman–Crippen MR) is 103 cm³/mol. The number of ether oxygens (including phenoxy) is 2. The van der Waals surface area contributed by atoms with Crippen molar-refractivity contribution in [3.8, 4) is 0 Å². The first-order chi connectivity index (χ1) is 11.4. The molecule has 0 saturated carbocycles. The summed E-state index contributed by atoms with van der Waals surface area (Å²) in [6.45, 7) is 7.95. The van der Waals surface area contributed by atoms with Crippen molar-refractivity contribution >= 4 is 29.3 Å². The second-order valence-electron chi connectivity index (χ2n) is 7.37. The summed E-state index contributed by atoms with van der Waals surface area (Å²) >= 11 is 12.1. The largest absolute Gasteiger partial charge is 0.346 e. The summed E-state index contributed by atoms with van der Waals surface area (Å²) in [5.74, 6) is -0.630. The second-order valence-corrected chi connectivity index (χ2v) is 8.19. The lowest BCUT2D eigenvalue weighted by atomic mass is 9.93. The number of hydrogen-bond acceptors (Lipinski definition) is 2. The van der Waals surface area contributed by atoms with E-state index in [9.17, 15) is 0 Å². The van der Waals surface area contributed by atoms with Crippen LogP contribution in [0, 0.1) is 5.41 Å². The molecule has 1 aromatic rings. The van der Waals surface area contributed by atoms with Crippen LogP contribution >= 0.6 is 23.2 Å². The molecule has 0 spiro atoms. The van der Waals surface area contributed by atoms with Gasteiger partial charge in [0, 0.05) is 11.8 Å². The van der Waals surface area contributed by atoms with Crippen molar-refractivity contribution in [3.05, 3.63) is 39.9 Å². The lowest BCUT2D eigenvalue weighted by Crippen LogP contribution is -2.46. The van der Waals surface area contributed by atoms with Crippen LogP contribution in [0.5, 0.6) is 0 Å². The molecule has 0 amide bonds. The molecule has 0 aliphatic carbocycles.